The highest BCUT2D eigenvalue weighted by Gasteiger charge is 2.61. The van der Waals surface area contributed by atoms with Crippen molar-refractivity contribution in [2.24, 2.45) is 0 Å². The summed E-state index contributed by atoms with van der Waals surface area (Å²) in [4.78, 5) is 0. The molecule has 2 aromatic carbocycles. The molecule has 0 fully saturated rings. The van der Waals surface area contributed by atoms with Gasteiger partial charge in [-0.25, -0.2) is 0 Å². The van der Waals surface area contributed by atoms with Gasteiger partial charge in [0.05, 0.1) is 0 Å². The maximum atomic E-state index is 6.62. The topological polar surface area (TPSA) is 0 Å². The molecule has 1 unspecified atom stereocenters. The molecule has 0 saturated carbocycles. The van der Waals surface area contributed by atoms with Gasteiger partial charge in [-0.3, -0.25) is 0 Å². The molecule has 0 aliphatic rings. The molecule has 0 aromatic heterocycles. The molecule has 0 N–H and O–H groups in total. The van der Waals surface area contributed by atoms with E-state index in [0.717, 1.165) is 0 Å². The van der Waals surface area contributed by atoms with Crippen molar-refractivity contribution in [3.63, 3.8) is 0 Å². The molecule has 0 nitrogen and oxygen atoms in total. The Morgan fingerprint density at radius 2 is 1.14 bits per heavy atom. The van der Waals surface area contributed by atoms with Gasteiger partial charge in [-0.15, -0.1) is 45.5 Å². The van der Waals surface area contributed by atoms with Crippen LogP contribution in [-0.2, 0) is 0 Å². The molecule has 0 spiro atoms. The first-order chi connectivity index (χ1) is 10.3. The van der Waals surface area contributed by atoms with Crippen LogP contribution < -0.4 is 10.4 Å². The van der Waals surface area contributed by atoms with E-state index in [1.807, 2.05) is 17.8 Å². The van der Waals surface area contributed by atoms with Gasteiger partial charge >= 0.3 is 5.52 Å². The Hall–Kier alpha value is -0.299. The van der Waals surface area contributed by atoms with E-state index in [-0.39, 0.29) is 0 Å². The van der Waals surface area contributed by atoms with Crippen molar-refractivity contribution in [2.75, 3.05) is 0 Å². The van der Waals surface area contributed by atoms with E-state index in [1.54, 1.807) is 0 Å². The standard InChI is InChI=1S/C16H19Cl3Si3/c1-4-20(2,22(17,18)19)21(3,15-11-7-5-8-12-15)16-13-9-6-10-14-16/h4-14H,1H2,2-3H3. The summed E-state index contributed by atoms with van der Waals surface area (Å²) in [7, 11) is -4.53. The van der Waals surface area contributed by atoms with Crippen molar-refractivity contribution < 1.29 is 0 Å². The van der Waals surface area contributed by atoms with Crippen LogP contribution >= 0.6 is 33.2 Å². The van der Waals surface area contributed by atoms with Gasteiger partial charge in [-0.2, -0.15) is 0 Å². The van der Waals surface area contributed by atoms with Crippen LogP contribution in [0.3, 0.4) is 0 Å². The normalized spacial score (nSPS) is 15.1. The van der Waals surface area contributed by atoms with Crippen LogP contribution in [0.25, 0.3) is 0 Å². The van der Waals surface area contributed by atoms with Crippen molar-refractivity contribution in [1.29, 1.82) is 0 Å². The van der Waals surface area contributed by atoms with E-state index in [1.165, 1.54) is 10.4 Å². The van der Waals surface area contributed by atoms with Gasteiger partial charge in [0, 0.05) is 0 Å². The summed E-state index contributed by atoms with van der Waals surface area (Å²) >= 11 is 19.9. The number of hydrogen-bond donors (Lipinski definition) is 0. The van der Waals surface area contributed by atoms with Gasteiger partial charge in [-0.05, 0) is 0 Å². The molecule has 2 rings (SSSR count). The van der Waals surface area contributed by atoms with Gasteiger partial charge < -0.3 is 0 Å². The van der Waals surface area contributed by atoms with E-state index >= 15 is 0 Å². The molecule has 0 aliphatic carbocycles. The molecule has 0 bridgehead atoms. The summed E-state index contributed by atoms with van der Waals surface area (Å²) < 4.78 is 0. The first kappa shape index (κ1) is 18.0. The highest BCUT2D eigenvalue weighted by atomic mass is 35.8. The maximum Gasteiger partial charge on any atom is 0.327 e. The van der Waals surface area contributed by atoms with Gasteiger partial charge in [-0.1, -0.05) is 84.1 Å². The third kappa shape index (κ3) is 2.90. The summed E-state index contributed by atoms with van der Waals surface area (Å²) in [6.45, 7) is 8.63. The third-order valence-corrected chi connectivity index (χ3v) is 47.3. The van der Waals surface area contributed by atoms with Gasteiger partial charge in [0.2, 0.25) is 0 Å². The first-order valence-electron chi connectivity index (χ1n) is 7.09. The summed E-state index contributed by atoms with van der Waals surface area (Å²) in [5.74, 6) is 0. The lowest BCUT2D eigenvalue weighted by atomic mass is 10.4. The quantitative estimate of drug-likeness (QED) is 0.511. The lowest BCUT2D eigenvalue weighted by molar-refractivity contribution is 1.70. The third-order valence-electron chi connectivity index (χ3n) is 4.74. The van der Waals surface area contributed by atoms with E-state index < -0.39 is 20.2 Å². The average Bonchev–Trinajstić information content (AvgIpc) is 2.53. The van der Waals surface area contributed by atoms with Crippen molar-refractivity contribution in [2.45, 2.75) is 13.1 Å². The summed E-state index contributed by atoms with van der Waals surface area (Å²) in [6.07, 6.45) is 0. The van der Waals surface area contributed by atoms with Crippen LogP contribution in [0.5, 0.6) is 0 Å². The van der Waals surface area contributed by atoms with Gasteiger partial charge in [0.1, 0.15) is 14.7 Å². The monoisotopic (exact) mass is 400 g/mol. The largest absolute Gasteiger partial charge is 0.327 e. The second kappa shape index (κ2) is 6.67. The predicted molar refractivity (Wildman–Crippen MR) is 109 cm³/mol. The predicted octanol–water partition coefficient (Wildman–Crippen LogP) is 4.50. The SMILES string of the molecule is C=C[Si](C)([Si](Cl)(Cl)Cl)[Si](C)(c1ccccc1)c1ccccc1. The minimum atomic E-state index is -2.91. The van der Waals surface area contributed by atoms with Crippen LogP contribution in [0.2, 0.25) is 13.1 Å². The van der Waals surface area contributed by atoms with Crippen molar-refractivity contribution >= 4 is 63.8 Å². The molecule has 0 amide bonds. The zero-order valence-electron chi connectivity index (χ0n) is 12.7. The van der Waals surface area contributed by atoms with Crippen molar-refractivity contribution in [3.05, 3.63) is 72.9 Å². The minimum Gasteiger partial charge on any atom is -0.130 e. The molecule has 0 heterocycles. The molecule has 0 saturated heterocycles. The van der Waals surface area contributed by atoms with Gasteiger partial charge in [0.15, 0.2) is 0 Å². The number of halogens is 3. The summed E-state index contributed by atoms with van der Waals surface area (Å²) in [5.41, 5.74) is -0.900. The highest BCUT2D eigenvalue weighted by Crippen LogP contribution is 2.38. The Kier molecular flexibility index (Phi) is 5.47. The van der Waals surface area contributed by atoms with Crippen LogP contribution in [-0.4, -0.2) is 20.2 Å². The number of hydrogen-bond acceptors (Lipinski definition) is 0. The Morgan fingerprint density at radius 1 is 0.773 bits per heavy atom. The van der Waals surface area contributed by atoms with E-state index in [9.17, 15) is 0 Å². The number of benzene rings is 2. The zero-order chi connectivity index (χ0) is 16.4. The molecule has 22 heavy (non-hydrogen) atoms. The van der Waals surface area contributed by atoms with Crippen LogP contribution in [0.15, 0.2) is 72.9 Å². The zero-order valence-corrected chi connectivity index (χ0v) is 18.0. The molecule has 0 radical (unpaired) electrons. The lowest BCUT2D eigenvalue weighted by Gasteiger charge is -2.45. The van der Waals surface area contributed by atoms with Crippen LogP contribution in [0.1, 0.15) is 0 Å². The fourth-order valence-electron chi connectivity index (χ4n) is 2.91. The molecule has 6 heteroatoms. The fraction of sp³-hybridized carbons (Fsp3) is 0.125. The Bertz CT molecular complexity index is 601. The van der Waals surface area contributed by atoms with E-state index in [0.29, 0.717) is 0 Å². The van der Waals surface area contributed by atoms with Crippen LogP contribution in [0.4, 0.5) is 0 Å². The molecule has 1 atom stereocenters. The Labute approximate surface area is 149 Å². The van der Waals surface area contributed by atoms with E-state index in [4.69, 9.17) is 33.2 Å². The average molecular weight is 402 g/mol. The summed E-state index contributed by atoms with van der Waals surface area (Å²) in [6, 6.07) is 21.1. The maximum absolute atomic E-state index is 6.62. The minimum absolute atomic E-state index is 1.31. The Balaban J connectivity index is 2.80. The highest BCUT2D eigenvalue weighted by molar-refractivity contribution is 8.01. The first-order valence-corrected chi connectivity index (χ1v) is 19.2. The smallest absolute Gasteiger partial charge is 0.130 e. The number of rotatable bonds is 5. The van der Waals surface area contributed by atoms with Crippen molar-refractivity contribution in [1.82, 2.24) is 0 Å². The summed E-state index contributed by atoms with van der Waals surface area (Å²) in [5, 5.41) is 2.63. The molecular formula is C16H19Cl3Si3. The molecule has 0 aliphatic heterocycles. The fourth-order valence-corrected chi connectivity index (χ4v) is 40.7. The second-order valence-corrected chi connectivity index (χ2v) is 35.7. The van der Waals surface area contributed by atoms with E-state index in [2.05, 4.69) is 68.2 Å². The molecule has 116 valence electrons. The Morgan fingerprint density at radius 3 is 1.41 bits per heavy atom. The van der Waals surface area contributed by atoms with Gasteiger partial charge in [0.25, 0.3) is 0 Å². The lowest BCUT2D eigenvalue weighted by Crippen LogP contribution is -2.79. The van der Waals surface area contributed by atoms with Crippen LogP contribution in [0, 0.1) is 0 Å². The molecular weight excluding hydrogens is 383 g/mol. The second-order valence-electron chi connectivity index (χ2n) is 5.76. The van der Waals surface area contributed by atoms with Crippen molar-refractivity contribution in [3.8, 4) is 0 Å². The molecule has 2 aromatic rings.